The monoisotopic (exact) mass is 266 g/mol. The molecule has 0 aromatic carbocycles. The molecule has 2 aromatic heterocycles. The van der Waals surface area contributed by atoms with Gasteiger partial charge in [0, 0.05) is 27.6 Å². The Balaban J connectivity index is 2.74. The number of hydrogen-bond donors (Lipinski definition) is 1. The van der Waals surface area contributed by atoms with Crippen LogP contribution in [0.4, 0.5) is 0 Å². The third kappa shape index (κ3) is 1.94. The molecule has 8 heteroatoms. The van der Waals surface area contributed by atoms with E-state index in [9.17, 15) is 14.4 Å². The van der Waals surface area contributed by atoms with Crippen molar-refractivity contribution in [3.05, 3.63) is 26.7 Å². The quantitative estimate of drug-likeness (QED) is 0.767. The number of rotatable bonds is 3. The number of fused-ring (bicyclic) bond motifs is 1. The smallest absolute Gasteiger partial charge is 0.332 e. The fourth-order valence-corrected chi connectivity index (χ4v) is 2.01. The summed E-state index contributed by atoms with van der Waals surface area (Å²) in [6, 6.07) is 0. The van der Waals surface area contributed by atoms with Crippen LogP contribution in [0.5, 0.6) is 0 Å². The van der Waals surface area contributed by atoms with Crippen LogP contribution >= 0.6 is 0 Å². The van der Waals surface area contributed by atoms with E-state index in [2.05, 4.69) is 4.98 Å². The van der Waals surface area contributed by atoms with Crippen molar-refractivity contribution in [1.29, 1.82) is 0 Å². The molecule has 0 fully saturated rings. The van der Waals surface area contributed by atoms with Crippen molar-refractivity contribution in [3.8, 4) is 0 Å². The summed E-state index contributed by atoms with van der Waals surface area (Å²) in [4.78, 5) is 38.6. The number of nitrogens with zero attached hydrogens (tertiary/aromatic N) is 4. The molecule has 0 bridgehead atoms. The largest absolute Gasteiger partial charge is 0.481 e. The zero-order valence-electron chi connectivity index (χ0n) is 10.9. The van der Waals surface area contributed by atoms with Gasteiger partial charge in [-0.3, -0.25) is 18.7 Å². The highest BCUT2D eigenvalue weighted by Crippen LogP contribution is 2.10. The summed E-state index contributed by atoms with van der Waals surface area (Å²) in [6.07, 6.45) is 0.128. The fraction of sp³-hybridized carbons (Fsp3) is 0.455. The Morgan fingerprint density at radius 3 is 2.37 bits per heavy atom. The van der Waals surface area contributed by atoms with Gasteiger partial charge < -0.3 is 9.67 Å². The van der Waals surface area contributed by atoms with E-state index in [1.165, 1.54) is 18.7 Å². The van der Waals surface area contributed by atoms with Gasteiger partial charge in [-0.25, -0.2) is 9.78 Å². The topological polar surface area (TPSA) is 99.1 Å². The Hall–Kier alpha value is -2.38. The van der Waals surface area contributed by atoms with Crippen molar-refractivity contribution in [1.82, 2.24) is 18.7 Å². The molecule has 102 valence electrons. The second-order valence-corrected chi connectivity index (χ2v) is 4.36. The lowest BCUT2D eigenvalue weighted by Gasteiger charge is -2.03. The molecule has 2 heterocycles. The lowest BCUT2D eigenvalue weighted by molar-refractivity contribution is -0.137. The summed E-state index contributed by atoms with van der Waals surface area (Å²) in [5.74, 6) is -0.468. The minimum atomic E-state index is -0.936. The van der Waals surface area contributed by atoms with Crippen molar-refractivity contribution < 1.29 is 9.90 Å². The average molecular weight is 266 g/mol. The minimum Gasteiger partial charge on any atom is -0.481 e. The van der Waals surface area contributed by atoms with E-state index in [1.807, 2.05) is 0 Å². The first kappa shape index (κ1) is 13.1. The third-order valence-electron chi connectivity index (χ3n) is 3.13. The van der Waals surface area contributed by atoms with Gasteiger partial charge >= 0.3 is 11.7 Å². The standard InChI is InChI=1S/C11H14N4O4/c1-13-6(4-5-7(16)17)12-9-8(13)10(18)15(3)11(19)14(9)2/h4-5H2,1-3H3,(H,16,17). The molecule has 0 saturated carbocycles. The number of aromatic nitrogens is 4. The maximum absolute atomic E-state index is 12.0. The summed E-state index contributed by atoms with van der Waals surface area (Å²) in [7, 11) is 4.56. The van der Waals surface area contributed by atoms with Crippen LogP contribution in [0.25, 0.3) is 11.2 Å². The first-order valence-electron chi connectivity index (χ1n) is 5.67. The number of imidazole rings is 1. The maximum Gasteiger partial charge on any atom is 0.332 e. The molecule has 0 aliphatic heterocycles. The van der Waals surface area contributed by atoms with E-state index in [1.54, 1.807) is 11.6 Å². The molecule has 2 rings (SSSR count). The Kier molecular flexibility index (Phi) is 3.01. The van der Waals surface area contributed by atoms with Crippen LogP contribution < -0.4 is 11.2 Å². The number of carbonyl (C=O) groups is 1. The van der Waals surface area contributed by atoms with E-state index in [0.29, 0.717) is 11.3 Å². The van der Waals surface area contributed by atoms with E-state index >= 15 is 0 Å². The van der Waals surface area contributed by atoms with E-state index in [-0.39, 0.29) is 18.5 Å². The summed E-state index contributed by atoms with van der Waals surface area (Å²) in [5.41, 5.74) is -0.323. The molecule has 0 aliphatic carbocycles. The van der Waals surface area contributed by atoms with Gasteiger partial charge in [0.1, 0.15) is 5.82 Å². The third-order valence-corrected chi connectivity index (χ3v) is 3.13. The molecule has 0 spiro atoms. The molecule has 0 amide bonds. The summed E-state index contributed by atoms with van der Waals surface area (Å²) >= 11 is 0. The molecular formula is C11H14N4O4. The maximum atomic E-state index is 12.0. The second-order valence-electron chi connectivity index (χ2n) is 4.36. The summed E-state index contributed by atoms with van der Waals surface area (Å²) in [6.45, 7) is 0. The molecule has 8 nitrogen and oxygen atoms in total. The van der Waals surface area contributed by atoms with Crippen molar-refractivity contribution >= 4 is 17.1 Å². The SMILES string of the molecule is Cn1c(=O)c2c(nc(CCC(=O)O)n2C)n(C)c1=O. The highest BCUT2D eigenvalue weighted by atomic mass is 16.4. The first-order chi connectivity index (χ1) is 8.84. The molecule has 0 saturated heterocycles. The van der Waals surface area contributed by atoms with Crippen molar-refractivity contribution in [2.24, 2.45) is 21.1 Å². The fourth-order valence-electron chi connectivity index (χ4n) is 2.01. The van der Waals surface area contributed by atoms with E-state index in [0.717, 1.165) is 4.57 Å². The van der Waals surface area contributed by atoms with Gasteiger partial charge in [-0.1, -0.05) is 0 Å². The van der Waals surface area contributed by atoms with Gasteiger partial charge in [0.2, 0.25) is 0 Å². The van der Waals surface area contributed by atoms with Gasteiger partial charge in [0.25, 0.3) is 5.56 Å². The highest BCUT2D eigenvalue weighted by Gasteiger charge is 2.17. The molecule has 2 aromatic rings. The molecule has 1 N–H and O–H groups in total. The zero-order valence-corrected chi connectivity index (χ0v) is 10.9. The lowest BCUT2D eigenvalue weighted by Crippen LogP contribution is -2.37. The van der Waals surface area contributed by atoms with Crippen LogP contribution in [0.1, 0.15) is 12.2 Å². The van der Waals surface area contributed by atoms with Crippen molar-refractivity contribution in [2.45, 2.75) is 12.8 Å². The Morgan fingerprint density at radius 1 is 1.16 bits per heavy atom. The van der Waals surface area contributed by atoms with Crippen LogP contribution in [0, 0.1) is 0 Å². The highest BCUT2D eigenvalue weighted by molar-refractivity contribution is 5.71. The van der Waals surface area contributed by atoms with Gasteiger partial charge in [-0.15, -0.1) is 0 Å². The van der Waals surface area contributed by atoms with Gasteiger partial charge in [-0.05, 0) is 0 Å². The molecule has 19 heavy (non-hydrogen) atoms. The number of aliphatic carboxylic acids is 1. The van der Waals surface area contributed by atoms with Crippen molar-refractivity contribution in [3.63, 3.8) is 0 Å². The predicted molar refractivity (Wildman–Crippen MR) is 67.2 cm³/mol. The van der Waals surface area contributed by atoms with Gasteiger partial charge in [-0.2, -0.15) is 0 Å². The zero-order chi connectivity index (χ0) is 14.3. The number of hydrogen-bond acceptors (Lipinski definition) is 4. The lowest BCUT2D eigenvalue weighted by atomic mass is 10.3. The first-order valence-corrected chi connectivity index (χ1v) is 5.67. The normalized spacial score (nSPS) is 11.1. The number of carboxylic acids is 1. The second kappa shape index (κ2) is 4.38. The average Bonchev–Trinajstić information content (AvgIpc) is 2.69. The molecule has 0 radical (unpaired) electrons. The Bertz CT molecular complexity index is 781. The van der Waals surface area contributed by atoms with E-state index in [4.69, 9.17) is 5.11 Å². The van der Waals surface area contributed by atoms with E-state index < -0.39 is 17.2 Å². The Labute approximate surface area is 107 Å². The summed E-state index contributed by atoms with van der Waals surface area (Å²) in [5, 5.41) is 8.68. The Morgan fingerprint density at radius 2 is 1.79 bits per heavy atom. The molecule has 0 atom stereocenters. The van der Waals surface area contributed by atoms with Crippen molar-refractivity contribution in [2.75, 3.05) is 0 Å². The minimum absolute atomic E-state index is 0.0780. The van der Waals surface area contributed by atoms with Gasteiger partial charge in [0.15, 0.2) is 11.2 Å². The molecular weight excluding hydrogens is 252 g/mol. The van der Waals surface area contributed by atoms with Crippen LogP contribution in [0.15, 0.2) is 9.59 Å². The van der Waals surface area contributed by atoms with Crippen LogP contribution in [-0.2, 0) is 32.4 Å². The number of carboxylic acid groups (broad SMARTS) is 1. The van der Waals surface area contributed by atoms with Crippen LogP contribution in [0.2, 0.25) is 0 Å². The molecule has 0 unspecified atom stereocenters. The van der Waals surface area contributed by atoms with Crippen LogP contribution in [-0.4, -0.2) is 29.8 Å². The predicted octanol–water partition coefficient (Wildman–Crippen LogP) is -1.01. The van der Waals surface area contributed by atoms with Crippen LogP contribution in [0.3, 0.4) is 0 Å². The molecule has 0 aliphatic rings. The number of aryl methyl sites for hydroxylation is 3. The summed E-state index contributed by atoms with van der Waals surface area (Å²) < 4.78 is 3.83. The van der Waals surface area contributed by atoms with Gasteiger partial charge in [0.05, 0.1) is 6.42 Å².